The normalized spacial score (nSPS) is 19.4. The summed E-state index contributed by atoms with van der Waals surface area (Å²) in [5.74, 6) is 0.286. The van der Waals surface area contributed by atoms with Gasteiger partial charge in [0, 0.05) is 5.92 Å². The molecule has 0 radical (unpaired) electrons. The monoisotopic (exact) mass is 242 g/mol. The maximum atomic E-state index is 9.47. The van der Waals surface area contributed by atoms with Crippen LogP contribution in [0, 0.1) is 25.2 Å². The van der Waals surface area contributed by atoms with Crippen molar-refractivity contribution in [2.24, 2.45) is 0 Å². The minimum atomic E-state index is 0.0221. The van der Waals surface area contributed by atoms with Gasteiger partial charge in [-0.1, -0.05) is 30.7 Å². The Balaban J connectivity index is 2.23. The van der Waals surface area contributed by atoms with Crippen LogP contribution in [0.1, 0.15) is 42.4 Å². The van der Waals surface area contributed by atoms with E-state index >= 15 is 0 Å². The van der Waals surface area contributed by atoms with Gasteiger partial charge >= 0.3 is 0 Å². The molecule has 1 aliphatic heterocycles. The lowest BCUT2D eigenvalue weighted by Crippen LogP contribution is -2.35. The summed E-state index contributed by atoms with van der Waals surface area (Å²) in [4.78, 5) is 2.34. The van der Waals surface area contributed by atoms with Gasteiger partial charge in [0.15, 0.2) is 0 Å². The van der Waals surface area contributed by atoms with Crippen LogP contribution in [-0.2, 0) is 0 Å². The summed E-state index contributed by atoms with van der Waals surface area (Å²) >= 11 is 0. The molecule has 0 aromatic heterocycles. The average molecular weight is 242 g/mol. The van der Waals surface area contributed by atoms with E-state index in [2.05, 4.69) is 49.9 Å². The fourth-order valence-electron chi connectivity index (χ4n) is 3.04. The van der Waals surface area contributed by atoms with E-state index in [-0.39, 0.29) is 12.0 Å². The van der Waals surface area contributed by atoms with Gasteiger partial charge in [-0.3, -0.25) is 4.90 Å². The first kappa shape index (κ1) is 13.1. The summed E-state index contributed by atoms with van der Waals surface area (Å²) in [5, 5.41) is 9.47. The molecule has 1 aromatic carbocycles. The molecule has 1 fully saturated rings. The van der Waals surface area contributed by atoms with Crippen molar-refractivity contribution in [3.05, 3.63) is 34.9 Å². The Hall–Kier alpha value is -1.33. The fraction of sp³-hybridized carbons (Fsp3) is 0.562. The lowest BCUT2D eigenvalue weighted by atomic mass is 9.89. The van der Waals surface area contributed by atoms with Crippen molar-refractivity contribution < 1.29 is 0 Å². The molecule has 2 unspecified atom stereocenters. The number of hydrogen-bond acceptors (Lipinski definition) is 2. The highest BCUT2D eigenvalue weighted by Crippen LogP contribution is 2.28. The first-order valence-corrected chi connectivity index (χ1v) is 6.84. The lowest BCUT2D eigenvalue weighted by molar-refractivity contribution is 0.263. The Morgan fingerprint density at radius 2 is 1.89 bits per heavy atom. The van der Waals surface area contributed by atoms with E-state index in [0.29, 0.717) is 0 Å². The minimum Gasteiger partial charge on any atom is -0.288 e. The molecule has 0 spiro atoms. The first-order chi connectivity index (χ1) is 8.63. The van der Waals surface area contributed by atoms with Crippen molar-refractivity contribution >= 4 is 0 Å². The number of hydrogen-bond donors (Lipinski definition) is 0. The quantitative estimate of drug-likeness (QED) is 0.812. The minimum absolute atomic E-state index is 0.0221. The maximum absolute atomic E-state index is 9.47. The number of aryl methyl sites for hydroxylation is 2. The molecule has 0 saturated carbocycles. The van der Waals surface area contributed by atoms with Gasteiger partial charge in [0.05, 0.1) is 6.07 Å². The maximum Gasteiger partial charge on any atom is 0.104 e. The summed E-state index contributed by atoms with van der Waals surface area (Å²) in [6.45, 7) is 8.60. The number of nitriles is 1. The molecule has 0 amide bonds. The highest BCUT2D eigenvalue weighted by Gasteiger charge is 2.28. The molecule has 0 bridgehead atoms. The summed E-state index contributed by atoms with van der Waals surface area (Å²) in [7, 11) is 0. The van der Waals surface area contributed by atoms with E-state index in [9.17, 15) is 5.26 Å². The predicted octanol–water partition coefficient (Wildman–Crippen LogP) is 3.39. The van der Waals surface area contributed by atoms with E-state index in [1.807, 2.05) is 0 Å². The van der Waals surface area contributed by atoms with E-state index in [1.54, 1.807) is 0 Å². The zero-order valence-electron chi connectivity index (χ0n) is 11.6. The predicted molar refractivity (Wildman–Crippen MR) is 74.5 cm³/mol. The van der Waals surface area contributed by atoms with Crippen LogP contribution in [0.5, 0.6) is 0 Å². The van der Waals surface area contributed by atoms with Crippen molar-refractivity contribution in [2.75, 3.05) is 13.1 Å². The Labute approximate surface area is 110 Å². The van der Waals surface area contributed by atoms with E-state index in [0.717, 1.165) is 13.1 Å². The van der Waals surface area contributed by atoms with Gasteiger partial charge < -0.3 is 0 Å². The van der Waals surface area contributed by atoms with Gasteiger partial charge in [-0.25, -0.2) is 0 Å². The summed E-state index contributed by atoms with van der Waals surface area (Å²) < 4.78 is 0. The lowest BCUT2D eigenvalue weighted by Gasteiger charge is -2.28. The summed E-state index contributed by atoms with van der Waals surface area (Å²) in [6.07, 6.45) is 2.47. The van der Waals surface area contributed by atoms with Crippen LogP contribution >= 0.6 is 0 Å². The summed E-state index contributed by atoms with van der Waals surface area (Å²) in [5.41, 5.74) is 3.92. The van der Waals surface area contributed by atoms with Gasteiger partial charge in [-0.2, -0.15) is 5.26 Å². The number of benzene rings is 1. The molecule has 2 atom stereocenters. The van der Waals surface area contributed by atoms with Crippen LogP contribution in [0.3, 0.4) is 0 Å². The van der Waals surface area contributed by atoms with E-state index in [4.69, 9.17) is 0 Å². The third-order valence-electron chi connectivity index (χ3n) is 4.06. The SMILES string of the molecule is Cc1ccc(C(C)C(C#N)N2CCCC2)c(C)c1. The van der Waals surface area contributed by atoms with Gasteiger partial charge in [0.25, 0.3) is 0 Å². The van der Waals surface area contributed by atoms with Crippen molar-refractivity contribution in [3.63, 3.8) is 0 Å². The third-order valence-corrected chi connectivity index (χ3v) is 4.06. The molecule has 1 aliphatic rings. The van der Waals surface area contributed by atoms with Crippen LogP contribution in [0.2, 0.25) is 0 Å². The van der Waals surface area contributed by atoms with Crippen molar-refractivity contribution in [3.8, 4) is 6.07 Å². The number of likely N-dealkylation sites (tertiary alicyclic amines) is 1. The molecule has 1 aromatic rings. The van der Waals surface area contributed by atoms with E-state index < -0.39 is 0 Å². The zero-order valence-corrected chi connectivity index (χ0v) is 11.6. The highest BCUT2D eigenvalue weighted by atomic mass is 15.2. The molecule has 0 aliphatic carbocycles. The Morgan fingerprint density at radius 1 is 1.22 bits per heavy atom. The fourth-order valence-corrected chi connectivity index (χ4v) is 3.04. The van der Waals surface area contributed by atoms with Crippen LogP contribution in [0.25, 0.3) is 0 Å². The standard InChI is InChI=1S/C16H22N2/c1-12-6-7-15(13(2)10-12)14(3)16(11-17)18-8-4-5-9-18/h6-7,10,14,16H,4-5,8-9H2,1-3H3. The molecule has 2 rings (SSSR count). The van der Waals surface area contributed by atoms with Gasteiger partial charge in [-0.05, 0) is 50.9 Å². The van der Waals surface area contributed by atoms with Gasteiger partial charge in [0.1, 0.15) is 6.04 Å². The highest BCUT2D eigenvalue weighted by molar-refractivity contribution is 5.34. The van der Waals surface area contributed by atoms with Crippen LogP contribution < -0.4 is 0 Å². The zero-order chi connectivity index (χ0) is 13.1. The van der Waals surface area contributed by atoms with Crippen molar-refractivity contribution in [1.29, 1.82) is 5.26 Å². The third kappa shape index (κ3) is 2.57. The largest absolute Gasteiger partial charge is 0.288 e. The Kier molecular flexibility index (Phi) is 4.04. The average Bonchev–Trinajstić information content (AvgIpc) is 2.83. The molecule has 96 valence electrons. The molecular weight excluding hydrogens is 220 g/mol. The molecular formula is C16H22N2. The van der Waals surface area contributed by atoms with Crippen molar-refractivity contribution in [2.45, 2.75) is 45.6 Å². The number of nitrogens with zero attached hydrogens (tertiary/aromatic N) is 2. The smallest absolute Gasteiger partial charge is 0.104 e. The van der Waals surface area contributed by atoms with Gasteiger partial charge in [0.2, 0.25) is 0 Å². The molecule has 1 heterocycles. The second kappa shape index (κ2) is 5.54. The summed E-state index contributed by atoms with van der Waals surface area (Å²) in [6, 6.07) is 9.08. The molecule has 0 N–H and O–H groups in total. The van der Waals surface area contributed by atoms with Crippen LogP contribution in [0.4, 0.5) is 0 Å². The second-order valence-electron chi connectivity index (χ2n) is 5.47. The first-order valence-electron chi connectivity index (χ1n) is 6.84. The van der Waals surface area contributed by atoms with Crippen LogP contribution in [0.15, 0.2) is 18.2 Å². The van der Waals surface area contributed by atoms with Crippen molar-refractivity contribution in [1.82, 2.24) is 4.90 Å². The number of rotatable bonds is 3. The topological polar surface area (TPSA) is 27.0 Å². The molecule has 18 heavy (non-hydrogen) atoms. The Morgan fingerprint density at radius 3 is 2.44 bits per heavy atom. The van der Waals surface area contributed by atoms with E-state index in [1.165, 1.54) is 29.5 Å². The van der Waals surface area contributed by atoms with Crippen LogP contribution in [-0.4, -0.2) is 24.0 Å². The molecule has 2 heteroatoms. The molecule has 2 nitrogen and oxygen atoms in total. The van der Waals surface area contributed by atoms with Gasteiger partial charge in [-0.15, -0.1) is 0 Å². The Bertz CT molecular complexity index is 453. The molecule has 1 saturated heterocycles. The second-order valence-corrected chi connectivity index (χ2v) is 5.47.